The van der Waals surface area contributed by atoms with Crippen molar-refractivity contribution in [3.63, 3.8) is 0 Å². The van der Waals surface area contributed by atoms with Crippen LogP contribution in [-0.4, -0.2) is 15.8 Å². The molecular formula is C22H18F3N5O. The molecule has 0 saturated carbocycles. The van der Waals surface area contributed by atoms with Crippen LogP contribution in [0.4, 0.5) is 35.2 Å². The molecule has 0 saturated heterocycles. The third-order valence-electron chi connectivity index (χ3n) is 4.81. The zero-order valence-electron chi connectivity index (χ0n) is 16.4. The molecule has 158 valence electrons. The Hall–Kier alpha value is -4.01. The molecule has 9 heteroatoms. The number of halogens is 3. The van der Waals surface area contributed by atoms with Crippen molar-refractivity contribution in [3.8, 4) is 11.1 Å². The minimum absolute atomic E-state index is 0.0441. The van der Waals surface area contributed by atoms with Gasteiger partial charge in [0.15, 0.2) is 5.82 Å². The maximum Gasteiger partial charge on any atom is 0.416 e. The molecule has 0 spiro atoms. The first-order chi connectivity index (χ1) is 14.7. The normalized spacial score (nSPS) is 11.5. The molecule has 0 aliphatic heterocycles. The number of carbonyl (C=O) groups excluding carboxylic acids is 1. The summed E-state index contributed by atoms with van der Waals surface area (Å²) in [5.74, 6) is 0.427. The van der Waals surface area contributed by atoms with E-state index >= 15 is 0 Å². The van der Waals surface area contributed by atoms with Gasteiger partial charge in [-0.1, -0.05) is 30.3 Å². The Bertz CT molecular complexity index is 1260. The molecule has 2 amide bonds. The van der Waals surface area contributed by atoms with E-state index in [1.807, 2.05) is 37.4 Å². The summed E-state index contributed by atoms with van der Waals surface area (Å²) >= 11 is 0. The second-order valence-electron chi connectivity index (χ2n) is 6.94. The fourth-order valence-corrected chi connectivity index (χ4v) is 3.38. The Balaban J connectivity index is 1.50. The zero-order valence-corrected chi connectivity index (χ0v) is 16.4. The van der Waals surface area contributed by atoms with Gasteiger partial charge in [-0.3, -0.25) is 4.68 Å². The highest BCUT2D eigenvalue weighted by atomic mass is 19.4. The Morgan fingerprint density at radius 2 is 1.65 bits per heavy atom. The fraction of sp³-hybridized carbons (Fsp3) is 0.0909. The van der Waals surface area contributed by atoms with Crippen molar-refractivity contribution >= 4 is 34.1 Å². The van der Waals surface area contributed by atoms with E-state index in [1.165, 1.54) is 12.1 Å². The Morgan fingerprint density at radius 3 is 2.35 bits per heavy atom. The molecule has 6 nitrogen and oxygen atoms in total. The lowest BCUT2D eigenvalue weighted by Gasteiger charge is -2.11. The van der Waals surface area contributed by atoms with Crippen molar-refractivity contribution in [2.75, 3.05) is 16.4 Å². The van der Waals surface area contributed by atoms with E-state index in [0.29, 0.717) is 11.5 Å². The minimum Gasteiger partial charge on any atom is -0.382 e. The molecule has 31 heavy (non-hydrogen) atoms. The molecule has 0 bridgehead atoms. The molecule has 3 aromatic carbocycles. The van der Waals surface area contributed by atoms with Crippen LogP contribution in [0.3, 0.4) is 0 Å². The molecule has 4 rings (SSSR count). The first kappa shape index (κ1) is 20.3. The number of nitrogens with zero attached hydrogens (tertiary/aromatic N) is 2. The van der Waals surface area contributed by atoms with Crippen LogP contribution < -0.4 is 16.4 Å². The van der Waals surface area contributed by atoms with Crippen LogP contribution in [0.5, 0.6) is 0 Å². The molecule has 0 fully saturated rings. The first-order valence-electron chi connectivity index (χ1n) is 9.29. The number of fused-ring (bicyclic) bond motifs is 1. The molecule has 1 heterocycles. The third-order valence-corrected chi connectivity index (χ3v) is 4.81. The topological polar surface area (TPSA) is 85.0 Å². The van der Waals surface area contributed by atoms with Crippen LogP contribution in [0.25, 0.3) is 22.0 Å². The van der Waals surface area contributed by atoms with Gasteiger partial charge >= 0.3 is 12.2 Å². The van der Waals surface area contributed by atoms with Crippen LogP contribution in [0.1, 0.15) is 5.56 Å². The van der Waals surface area contributed by atoms with Gasteiger partial charge in [0.05, 0.1) is 16.5 Å². The lowest BCUT2D eigenvalue weighted by Crippen LogP contribution is -2.19. The summed E-state index contributed by atoms with van der Waals surface area (Å²) in [6.07, 6.45) is -4.48. The number of amides is 2. The molecule has 0 radical (unpaired) electrons. The number of benzene rings is 3. The number of nitrogen functional groups attached to an aromatic ring is 1. The lowest BCUT2D eigenvalue weighted by molar-refractivity contribution is -0.137. The zero-order chi connectivity index (χ0) is 22.2. The van der Waals surface area contributed by atoms with Crippen molar-refractivity contribution < 1.29 is 18.0 Å². The molecule has 4 N–H and O–H groups in total. The standard InChI is InChI=1S/C22H18F3N5O/c1-30-18-7-3-6-17(19(18)20(26)29-30)13-8-10-15(11-9-13)27-21(31)28-16-5-2-4-14(12-16)22(23,24)25/h2-12H,1H3,(H2,26,29)(H2,27,28,31). The van der Waals surface area contributed by atoms with Gasteiger partial charge in [-0.25, -0.2) is 4.79 Å². The number of aromatic nitrogens is 2. The average molecular weight is 425 g/mol. The van der Waals surface area contributed by atoms with Gasteiger partial charge in [-0.15, -0.1) is 0 Å². The molecule has 0 atom stereocenters. The number of aryl methyl sites for hydroxylation is 1. The van der Waals surface area contributed by atoms with Gasteiger partial charge < -0.3 is 16.4 Å². The molecule has 0 aliphatic carbocycles. The van der Waals surface area contributed by atoms with Crippen LogP contribution in [-0.2, 0) is 13.2 Å². The van der Waals surface area contributed by atoms with E-state index < -0.39 is 17.8 Å². The maximum atomic E-state index is 12.8. The molecule has 0 unspecified atom stereocenters. The molecule has 1 aromatic heterocycles. The van der Waals surface area contributed by atoms with Crippen LogP contribution >= 0.6 is 0 Å². The van der Waals surface area contributed by atoms with Gasteiger partial charge in [0.1, 0.15) is 0 Å². The summed E-state index contributed by atoms with van der Waals surface area (Å²) in [6, 6.07) is 16.6. The number of rotatable bonds is 3. The van der Waals surface area contributed by atoms with Crippen molar-refractivity contribution in [2.24, 2.45) is 7.05 Å². The van der Waals surface area contributed by atoms with Crippen molar-refractivity contribution in [2.45, 2.75) is 6.18 Å². The number of nitrogens with two attached hydrogens (primary N) is 1. The average Bonchev–Trinajstić information content (AvgIpc) is 3.02. The van der Waals surface area contributed by atoms with E-state index in [4.69, 9.17) is 5.73 Å². The highest BCUT2D eigenvalue weighted by Gasteiger charge is 2.30. The van der Waals surface area contributed by atoms with E-state index in [1.54, 1.807) is 16.8 Å². The van der Waals surface area contributed by atoms with Crippen molar-refractivity contribution in [1.29, 1.82) is 0 Å². The van der Waals surface area contributed by atoms with Gasteiger partial charge in [0.25, 0.3) is 0 Å². The third kappa shape index (κ3) is 4.16. The molecule has 4 aromatic rings. The largest absolute Gasteiger partial charge is 0.416 e. The first-order valence-corrected chi connectivity index (χ1v) is 9.29. The Kier molecular flexibility index (Phi) is 5.02. The number of hydrogen-bond donors (Lipinski definition) is 3. The summed E-state index contributed by atoms with van der Waals surface area (Å²) in [6.45, 7) is 0. The summed E-state index contributed by atoms with van der Waals surface area (Å²) in [5, 5.41) is 10.1. The monoisotopic (exact) mass is 425 g/mol. The van der Waals surface area contributed by atoms with Crippen molar-refractivity contribution in [3.05, 3.63) is 72.3 Å². The van der Waals surface area contributed by atoms with E-state index in [2.05, 4.69) is 15.7 Å². The van der Waals surface area contributed by atoms with E-state index in [0.717, 1.165) is 34.2 Å². The van der Waals surface area contributed by atoms with Crippen molar-refractivity contribution in [1.82, 2.24) is 9.78 Å². The van der Waals surface area contributed by atoms with E-state index in [-0.39, 0.29) is 5.69 Å². The van der Waals surface area contributed by atoms with Crippen LogP contribution in [0.15, 0.2) is 66.7 Å². The number of alkyl halides is 3. The highest BCUT2D eigenvalue weighted by molar-refractivity contribution is 6.03. The summed E-state index contributed by atoms with van der Waals surface area (Å²) in [5.41, 5.74) is 8.44. The number of hydrogen-bond acceptors (Lipinski definition) is 3. The van der Waals surface area contributed by atoms with Crippen LogP contribution in [0, 0.1) is 0 Å². The Morgan fingerprint density at radius 1 is 0.968 bits per heavy atom. The van der Waals surface area contributed by atoms with Crippen LogP contribution in [0.2, 0.25) is 0 Å². The van der Waals surface area contributed by atoms with Gasteiger partial charge in [0.2, 0.25) is 0 Å². The maximum absolute atomic E-state index is 12.8. The number of urea groups is 1. The predicted octanol–water partition coefficient (Wildman–Crippen LogP) is 5.49. The van der Waals surface area contributed by atoms with E-state index in [9.17, 15) is 18.0 Å². The number of nitrogens with one attached hydrogen (secondary N) is 2. The summed E-state index contributed by atoms with van der Waals surface area (Å²) in [7, 11) is 1.82. The minimum atomic E-state index is -4.48. The second-order valence-corrected chi connectivity index (χ2v) is 6.94. The number of anilines is 3. The summed E-state index contributed by atoms with van der Waals surface area (Å²) in [4.78, 5) is 12.2. The van der Waals surface area contributed by atoms with Gasteiger partial charge in [0, 0.05) is 18.4 Å². The lowest BCUT2D eigenvalue weighted by atomic mass is 10.0. The fourth-order valence-electron chi connectivity index (χ4n) is 3.38. The van der Waals surface area contributed by atoms with Gasteiger partial charge in [-0.05, 0) is 47.5 Å². The smallest absolute Gasteiger partial charge is 0.382 e. The molecular weight excluding hydrogens is 407 g/mol. The predicted molar refractivity (Wildman–Crippen MR) is 115 cm³/mol. The number of carbonyl (C=O) groups is 1. The quantitative estimate of drug-likeness (QED) is 0.406. The summed E-state index contributed by atoms with van der Waals surface area (Å²) < 4.78 is 40.1. The highest BCUT2D eigenvalue weighted by Crippen LogP contribution is 2.33. The van der Waals surface area contributed by atoms with Gasteiger partial charge in [-0.2, -0.15) is 18.3 Å². The SMILES string of the molecule is Cn1nc(N)c2c(-c3ccc(NC(=O)Nc4cccc(C(F)(F)F)c4)cc3)cccc21. The Labute approximate surface area is 175 Å². The molecule has 0 aliphatic rings. The second kappa shape index (κ2) is 7.67.